The molecule has 3 aliphatic rings. The van der Waals surface area contributed by atoms with Crippen molar-refractivity contribution in [1.29, 1.82) is 0 Å². The van der Waals surface area contributed by atoms with Crippen LogP contribution in [0.5, 0.6) is 0 Å². The molecule has 3 rings (SSSR count). The molecule has 2 saturated carbocycles. The third-order valence-electron chi connectivity index (χ3n) is 4.42. The molecule has 1 unspecified atom stereocenters. The number of ether oxygens (including phenoxy) is 1. The van der Waals surface area contributed by atoms with E-state index in [0.717, 1.165) is 11.8 Å². The largest absolute Gasteiger partial charge is 0.366 e. The van der Waals surface area contributed by atoms with Gasteiger partial charge in [0.1, 0.15) is 0 Å². The van der Waals surface area contributed by atoms with Crippen LogP contribution in [0.4, 0.5) is 0 Å². The van der Waals surface area contributed by atoms with Crippen LogP contribution in [0.15, 0.2) is 0 Å². The average Bonchev–Trinajstić information content (AvgIpc) is 2.68. The van der Waals surface area contributed by atoms with Gasteiger partial charge in [-0.05, 0) is 37.0 Å². The zero-order valence-corrected chi connectivity index (χ0v) is 7.55. The van der Waals surface area contributed by atoms with Crippen LogP contribution in [0, 0.1) is 17.3 Å². The summed E-state index contributed by atoms with van der Waals surface area (Å²) >= 11 is 0. The van der Waals surface area contributed by atoms with Crippen molar-refractivity contribution < 1.29 is 4.74 Å². The number of hydrogen-bond donors (Lipinski definition) is 0. The van der Waals surface area contributed by atoms with Gasteiger partial charge in [-0.3, -0.25) is 0 Å². The van der Waals surface area contributed by atoms with Crippen LogP contribution in [0.1, 0.15) is 33.6 Å². The maximum absolute atomic E-state index is 5.66. The molecule has 0 aromatic rings. The van der Waals surface area contributed by atoms with Crippen molar-refractivity contribution in [2.75, 3.05) is 0 Å². The molecule has 0 amide bonds. The van der Waals surface area contributed by atoms with Gasteiger partial charge >= 0.3 is 0 Å². The molecule has 2 aliphatic carbocycles. The molecular weight excluding hydrogens is 136 g/mol. The first-order valence-corrected chi connectivity index (χ1v) is 4.72. The van der Waals surface area contributed by atoms with E-state index < -0.39 is 0 Å². The van der Waals surface area contributed by atoms with Crippen molar-refractivity contribution in [2.45, 2.75) is 45.3 Å². The summed E-state index contributed by atoms with van der Waals surface area (Å²) in [6.07, 6.45) is 3.30. The summed E-state index contributed by atoms with van der Waals surface area (Å²) in [5.41, 5.74) is 0.967. The second-order valence-corrected chi connectivity index (χ2v) is 5.39. The first kappa shape index (κ1) is 6.47. The molecule has 1 heteroatoms. The van der Waals surface area contributed by atoms with E-state index >= 15 is 0 Å². The molecule has 4 atom stereocenters. The summed E-state index contributed by atoms with van der Waals surface area (Å²) in [5, 5.41) is 0. The standard InChI is InChI=1S/C10H16O/c1-9(2)6-4-8-10(3,11-8)5-7(6)9/h6-8H,4-5H2,1-3H3/t6?,7-,8+,10-/m0/s1. The average molecular weight is 152 g/mol. The Morgan fingerprint density at radius 2 is 1.91 bits per heavy atom. The molecule has 62 valence electrons. The Morgan fingerprint density at radius 1 is 1.18 bits per heavy atom. The predicted octanol–water partition coefficient (Wildman–Crippen LogP) is 2.21. The van der Waals surface area contributed by atoms with Crippen molar-refractivity contribution >= 4 is 0 Å². The quantitative estimate of drug-likeness (QED) is 0.485. The van der Waals surface area contributed by atoms with Crippen molar-refractivity contribution in [1.82, 2.24) is 0 Å². The number of fused-ring (bicyclic) bond motifs is 2. The first-order valence-electron chi connectivity index (χ1n) is 4.72. The topological polar surface area (TPSA) is 12.5 Å². The summed E-state index contributed by atoms with van der Waals surface area (Å²) in [5.74, 6) is 1.97. The van der Waals surface area contributed by atoms with Gasteiger partial charge in [-0.25, -0.2) is 0 Å². The molecule has 0 aromatic heterocycles. The Labute approximate surface area is 68.1 Å². The van der Waals surface area contributed by atoms with Gasteiger partial charge in [0.05, 0.1) is 11.7 Å². The molecule has 3 fully saturated rings. The fraction of sp³-hybridized carbons (Fsp3) is 1.00. The highest BCUT2D eigenvalue weighted by molar-refractivity contribution is 5.18. The first-order chi connectivity index (χ1) is 5.04. The molecule has 1 nitrogen and oxygen atoms in total. The van der Waals surface area contributed by atoms with Gasteiger partial charge in [-0.1, -0.05) is 13.8 Å². The van der Waals surface area contributed by atoms with Crippen LogP contribution in [0.3, 0.4) is 0 Å². The van der Waals surface area contributed by atoms with E-state index in [-0.39, 0.29) is 0 Å². The Hall–Kier alpha value is -0.0400. The lowest BCUT2D eigenvalue weighted by atomic mass is 9.91. The predicted molar refractivity (Wildman–Crippen MR) is 43.3 cm³/mol. The fourth-order valence-electron chi connectivity index (χ4n) is 3.17. The summed E-state index contributed by atoms with van der Waals surface area (Å²) in [6.45, 7) is 7.11. The molecule has 1 aliphatic heterocycles. The SMILES string of the molecule is CC1(C)C2C[C@H]3O[C@@]3(C)C[C@@H]21. The van der Waals surface area contributed by atoms with Crippen molar-refractivity contribution in [2.24, 2.45) is 17.3 Å². The zero-order chi connectivity index (χ0) is 7.85. The van der Waals surface area contributed by atoms with E-state index in [2.05, 4.69) is 20.8 Å². The molecule has 0 aromatic carbocycles. The van der Waals surface area contributed by atoms with Gasteiger partial charge in [0.2, 0.25) is 0 Å². The fourth-order valence-corrected chi connectivity index (χ4v) is 3.17. The minimum atomic E-state index is 0.314. The van der Waals surface area contributed by atoms with Crippen LogP contribution in [-0.4, -0.2) is 11.7 Å². The van der Waals surface area contributed by atoms with E-state index in [9.17, 15) is 0 Å². The van der Waals surface area contributed by atoms with E-state index in [1.54, 1.807) is 0 Å². The second-order valence-electron chi connectivity index (χ2n) is 5.39. The van der Waals surface area contributed by atoms with Crippen molar-refractivity contribution in [3.63, 3.8) is 0 Å². The zero-order valence-electron chi connectivity index (χ0n) is 7.55. The summed E-state index contributed by atoms with van der Waals surface area (Å²) < 4.78 is 5.66. The van der Waals surface area contributed by atoms with Crippen molar-refractivity contribution in [3.05, 3.63) is 0 Å². The Morgan fingerprint density at radius 3 is 2.55 bits per heavy atom. The third-order valence-corrected chi connectivity index (χ3v) is 4.42. The lowest BCUT2D eigenvalue weighted by Gasteiger charge is -2.09. The third kappa shape index (κ3) is 0.618. The Bertz CT molecular complexity index is 221. The van der Waals surface area contributed by atoms with E-state index in [1.165, 1.54) is 12.8 Å². The van der Waals surface area contributed by atoms with Crippen molar-refractivity contribution in [3.8, 4) is 0 Å². The normalized spacial score (nSPS) is 63.0. The maximum atomic E-state index is 5.66. The highest BCUT2D eigenvalue weighted by Crippen LogP contribution is 2.70. The van der Waals surface area contributed by atoms with E-state index in [0.29, 0.717) is 17.1 Å². The Kier molecular flexibility index (Phi) is 0.820. The lowest BCUT2D eigenvalue weighted by molar-refractivity contribution is 0.282. The van der Waals surface area contributed by atoms with Gasteiger partial charge in [0.15, 0.2) is 0 Å². The van der Waals surface area contributed by atoms with Gasteiger partial charge in [-0.2, -0.15) is 0 Å². The summed E-state index contributed by atoms with van der Waals surface area (Å²) in [7, 11) is 0. The minimum Gasteiger partial charge on any atom is -0.366 e. The number of hydrogen-bond acceptors (Lipinski definition) is 1. The lowest BCUT2D eigenvalue weighted by Crippen LogP contribution is -2.16. The second kappa shape index (κ2) is 1.39. The van der Waals surface area contributed by atoms with Crippen LogP contribution in [0.2, 0.25) is 0 Å². The molecule has 1 saturated heterocycles. The minimum absolute atomic E-state index is 0.314. The van der Waals surface area contributed by atoms with Gasteiger partial charge < -0.3 is 4.74 Å². The van der Waals surface area contributed by atoms with Crippen LogP contribution in [-0.2, 0) is 4.74 Å². The monoisotopic (exact) mass is 152 g/mol. The van der Waals surface area contributed by atoms with Crippen LogP contribution < -0.4 is 0 Å². The number of epoxide rings is 1. The highest BCUT2D eigenvalue weighted by atomic mass is 16.6. The molecule has 0 bridgehead atoms. The molecule has 0 N–H and O–H groups in total. The maximum Gasteiger partial charge on any atom is 0.0923 e. The van der Waals surface area contributed by atoms with E-state index in [1.807, 2.05) is 0 Å². The van der Waals surface area contributed by atoms with Gasteiger partial charge in [0, 0.05) is 0 Å². The number of rotatable bonds is 0. The smallest absolute Gasteiger partial charge is 0.0923 e. The highest BCUT2D eigenvalue weighted by Gasteiger charge is 2.70. The molecule has 0 radical (unpaired) electrons. The van der Waals surface area contributed by atoms with Gasteiger partial charge in [-0.15, -0.1) is 0 Å². The van der Waals surface area contributed by atoms with Gasteiger partial charge in [0.25, 0.3) is 0 Å². The van der Waals surface area contributed by atoms with Crippen LogP contribution >= 0.6 is 0 Å². The summed E-state index contributed by atoms with van der Waals surface area (Å²) in [4.78, 5) is 0. The Balaban J connectivity index is 1.85. The van der Waals surface area contributed by atoms with E-state index in [4.69, 9.17) is 4.74 Å². The molecule has 11 heavy (non-hydrogen) atoms. The molecular formula is C10H16O. The molecule has 1 heterocycles. The summed E-state index contributed by atoms with van der Waals surface area (Å²) in [6, 6.07) is 0. The van der Waals surface area contributed by atoms with Crippen LogP contribution in [0.25, 0.3) is 0 Å². The molecule has 0 spiro atoms.